The van der Waals surface area contributed by atoms with E-state index in [2.05, 4.69) is 28.9 Å². The minimum absolute atomic E-state index is 0.0721. The molecule has 2 heterocycles. The molecule has 0 aliphatic carbocycles. The molecule has 1 aliphatic heterocycles. The number of benzene rings is 1. The molecule has 2 aromatic rings. The first-order valence-electron chi connectivity index (χ1n) is 8.62. The summed E-state index contributed by atoms with van der Waals surface area (Å²) >= 11 is 0. The Morgan fingerprint density at radius 3 is 2.25 bits per heavy atom. The summed E-state index contributed by atoms with van der Waals surface area (Å²) in [5.41, 5.74) is -3.05. The third-order valence-corrected chi connectivity index (χ3v) is 4.01. The van der Waals surface area contributed by atoms with E-state index in [1.54, 1.807) is 14.2 Å². The van der Waals surface area contributed by atoms with Gasteiger partial charge in [0.25, 0.3) is 5.56 Å². The zero-order chi connectivity index (χ0) is 21.5. The second-order valence-corrected chi connectivity index (χ2v) is 6.33. The molecule has 2 N–H and O–H groups in total. The monoisotopic (exact) mass is 395 g/mol. The molecule has 0 bridgehead atoms. The smallest absolute Gasteiger partial charge is 0.388 e. The van der Waals surface area contributed by atoms with Crippen LogP contribution in [0.2, 0.25) is 0 Å². The molecule has 1 aliphatic rings. The lowest BCUT2D eigenvalue weighted by Crippen LogP contribution is -2.44. The van der Waals surface area contributed by atoms with Gasteiger partial charge in [0.05, 0.1) is 11.6 Å². The second-order valence-electron chi connectivity index (χ2n) is 6.33. The molecule has 0 saturated carbocycles. The molecule has 0 fully saturated rings. The maximum atomic E-state index is 13.8. The third kappa shape index (κ3) is 4.37. The van der Waals surface area contributed by atoms with E-state index in [0.717, 1.165) is 6.92 Å². The quantitative estimate of drug-likeness (QED) is 0.668. The first-order chi connectivity index (χ1) is 13.1. The Labute approximate surface area is 162 Å². The molecule has 28 heavy (non-hydrogen) atoms. The Hall–Kier alpha value is -2.79. The fraction of sp³-hybridized carbons (Fsp3) is 0.400. The number of fused-ring (bicyclic) bond motifs is 2. The Balaban J connectivity index is 0.000000582. The average molecular weight is 395 g/mol. The summed E-state index contributed by atoms with van der Waals surface area (Å²) < 4.78 is 45.7. The number of pyridine rings is 1. The lowest BCUT2D eigenvalue weighted by atomic mass is 9.72. The fourth-order valence-electron chi connectivity index (χ4n) is 2.74. The second kappa shape index (κ2) is 9.42. The van der Waals surface area contributed by atoms with E-state index in [-0.39, 0.29) is 28.1 Å². The van der Waals surface area contributed by atoms with Gasteiger partial charge in [-0.05, 0) is 36.8 Å². The van der Waals surface area contributed by atoms with Crippen molar-refractivity contribution in [2.45, 2.75) is 38.8 Å². The van der Waals surface area contributed by atoms with Crippen LogP contribution in [-0.2, 0) is 10.2 Å². The minimum Gasteiger partial charge on any atom is -0.388 e. The maximum absolute atomic E-state index is 13.8. The fourth-order valence-corrected chi connectivity index (χ4v) is 2.74. The van der Waals surface area contributed by atoms with E-state index >= 15 is 0 Å². The number of hydrogen-bond acceptors (Lipinski definition) is 4. The van der Waals surface area contributed by atoms with E-state index in [4.69, 9.17) is 5.26 Å². The molecule has 3 rings (SSSR count). The summed E-state index contributed by atoms with van der Waals surface area (Å²) in [6.07, 6.45) is -2.19. The van der Waals surface area contributed by atoms with Crippen LogP contribution in [0.3, 0.4) is 0 Å². The van der Waals surface area contributed by atoms with Crippen LogP contribution >= 0.6 is 0 Å². The number of alkyl halides is 3. The number of anilines is 2. The summed E-state index contributed by atoms with van der Waals surface area (Å²) in [6, 6.07) is 7.07. The predicted octanol–water partition coefficient (Wildman–Crippen LogP) is 4.85. The van der Waals surface area contributed by atoms with Crippen LogP contribution in [0.4, 0.5) is 24.5 Å². The number of nitrogens with one attached hydrogen (secondary N) is 2. The summed E-state index contributed by atoms with van der Waals surface area (Å²) in [5, 5.41) is 11.7. The van der Waals surface area contributed by atoms with E-state index in [0.29, 0.717) is 0 Å². The maximum Gasteiger partial charge on any atom is 0.402 e. The lowest BCUT2D eigenvalue weighted by Gasteiger charge is -2.39. The van der Waals surface area contributed by atoms with Crippen molar-refractivity contribution in [3.8, 4) is 6.07 Å². The van der Waals surface area contributed by atoms with Gasteiger partial charge in [-0.15, -0.1) is 0 Å². The van der Waals surface area contributed by atoms with E-state index in [9.17, 15) is 18.0 Å². The van der Waals surface area contributed by atoms with Gasteiger partial charge in [0.15, 0.2) is 0 Å². The Bertz CT molecular complexity index is 899. The number of nitriles is 1. The number of aromatic nitrogens is 1. The van der Waals surface area contributed by atoms with Crippen molar-refractivity contribution < 1.29 is 17.9 Å². The summed E-state index contributed by atoms with van der Waals surface area (Å²) in [5.74, 6) is 0. The molecule has 0 saturated heterocycles. The Morgan fingerprint density at radius 1 is 1.18 bits per heavy atom. The topological polar surface area (TPSA) is 77.9 Å². The number of hydrogen-bond donors (Lipinski definition) is 2. The van der Waals surface area contributed by atoms with Crippen LogP contribution < -0.4 is 10.9 Å². The van der Waals surface area contributed by atoms with Gasteiger partial charge >= 0.3 is 6.18 Å². The van der Waals surface area contributed by atoms with E-state index < -0.39 is 17.2 Å². The van der Waals surface area contributed by atoms with Crippen LogP contribution in [0.25, 0.3) is 0 Å². The Kier molecular flexibility index (Phi) is 7.82. The zero-order valence-corrected chi connectivity index (χ0v) is 16.5. The third-order valence-electron chi connectivity index (χ3n) is 4.01. The highest BCUT2D eigenvalue weighted by Gasteiger charge is 2.57. The number of nitrogens with zero attached hydrogens (tertiary/aromatic N) is 1. The first kappa shape index (κ1) is 23.2. The highest BCUT2D eigenvalue weighted by molar-refractivity contribution is 5.76. The normalized spacial score (nSPS) is 16.7. The van der Waals surface area contributed by atoms with E-state index in [1.165, 1.54) is 36.9 Å². The number of H-pyrrole nitrogens is 1. The van der Waals surface area contributed by atoms with Gasteiger partial charge in [0, 0.05) is 31.7 Å². The van der Waals surface area contributed by atoms with Crippen molar-refractivity contribution in [2.75, 3.05) is 19.5 Å². The van der Waals surface area contributed by atoms with Gasteiger partial charge in [-0.3, -0.25) is 4.79 Å². The predicted molar refractivity (Wildman–Crippen MR) is 103 cm³/mol. The molecule has 1 aromatic carbocycles. The molecule has 8 heteroatoms. The number of aromatic amines is 1. The van der Waals surface area contributed by atoms with Crippen molar-refractivity contribution in [3.05, 3.63) is 57.5 Å². The largest absolute Gasteiger partial charge is 0.402 e. The molecular formula is C20H24F3N3O2. The summed E-state index contributed by atoms with van der Waals surface area (Å²) in [6.45, 7) is 5.27. The summed E-state index contributed by atoms with van der Waals surface area (Å²) in [7, 11) is 3.25. The van der Waals surface area contributed by atoms with Crippen LogP contribution in [0.1, 0.15) is 43.9 Å². The van der Waals surface area contributed by atoms with Gasteiger partial charge in [-0.25, -0.2) is 0 Å². The molecule has 152 valence electrons. The van der Waals surface area contributed by atoms with Crippen LogP contribution in [0.15, 0.2) is 35.3 Å². The molecular weight excluding hydrogens is 371 g/mol. The molecule has 0 amide bonds. The number of ether oxygens (including phenoxy) is 1. The van der Waals surface area contributed by atoms with Gasteiger partial charge in [0.2, 0.25) is 0 Å². The first-order valence-corrected chi connectivity index (χ1v) is 8.62. The number of rotatable bonds is 0. The highest BCUT2D eigenvalue weighted by Crippen LogP contribution is 2.53. The molecule has 1 unspecified atom stereocenters. The SMILES string of the molecule is CC1(C(F)(F)F)c2cc(C#N)ccc2Nc2c1cc[nH]c2=O.CCC.COC. The van der Waals surface area contributed by atoms with Crippen molar-refractivity contribution in [2.24, 2.45) is 0 Å². The van der Waals surface area contributed by atoms with E-state index in [1.807, 2.05) is 6.07 Å². The van der Waals surface area contributed by atoms with Crippen molar-refractivity contribution in [1.82, 2.24) is 4.98 Å². The number of halogens is 3. The number of methoxy groups -OCH3 is 1. The average Bonchev–Trinajstić information content (AvgIpc) is 2.63. The van der Waals surface area contributed by atoms with Crippen LogP contribution in [0, 0.1) is 11.3 Å². The Morgan fingerprint density at radius 2 is 1.75 bits per heavy atom. The van der Waals surface area contributed by atoms with Crippen molar-refractivity contribution in [3.63, 3.8) is 0 Å². The summed E-state index contributed by atoms with van der Waals surface area (Å²) in [4.78, 5) is 14.2. The van der Waals surface area contributed by atoms with Gasteiger partial charge in [-0.2, -0.15) is 18.4 Å². The molecule has 0 radical (unpaired) electrons. The van der Waals surface area contributed by atoms with Crippen LogP contribution in [-0.4, -0.2) is 25.4 Å². The lowest BCUT2D eigenvalue weighted by molar-refractivity contribution is -0.173. The van der Waals surface area contributed by atoms with Gasteiger partial charge in [0.1, 0.15) is 11.1 Å². The zero-order valence-electron chi connectivity index (χ0n) is 16.5. The standard InChI is InChI=1S/C15H10F3N3O.C3H8.C2H6O/c1-14(15(16,17)18)9-4-5-20-13(22)12(9)21-11-3-2-8(7-19)6-10(11)14;2*1-3-2/h2-6,21H,1H3,(H,20,22);3H2,1-2H3;1-2H3. The van der Waals surface area contributed by atoms with Gasteiger partial charge in [-0.1, -0.05) is 20.3 Å². The minimum atomic E-state index is -4.62. The van der Waals surface area contributed by atoms with Crippen LogP contribution in [0.5, 0.6) is 0 Å². The van der Waals surface area contributed by atoms with Crippen molar-refractivity contribution >= 4 is 11.4 Å². The highest BCUT2D eigenvalue weighted by atomic mass is 19.4. The van der Waals surface area contributed by atoms with Crippen molar-refractivity contribution in [1.29, 1.82) is 5.26 Å². The molecule has 1 aromatic heterocycles. The molecule has 0 spiro atoms. The molecule has 5 nitrogen and oxygen atoms in total. The van der Waals surface area contributed by atoms with Gasteiger partial charge < -0.3 is 15.0 Å². The molecule has 1 atom stereocenters.